The molecule has 2 amide bonds. The highest BCUT2D eigenvalue weighted by molar-refractivity contribution is 9.10. The lowest BCUT2D eigenvalue weighted by molar-refractivity contribution is 0.139. The number of amides is 2. The second-order valence-corrected chi connectivity index (χ2v) is 6.68. The molecule has 0 aliphatic rings. The minimum atomic E-state index is -0.801. The largest absolute Gasteiger partial charge is 0.386 e. The van der Waals surface area contributed by atoms with Crippen molar-refractivity contribution in [2.24, 2.45) is 0 Å². The molecule has 0 bridgehead atoms. The molecule has 1 heterocycles. The molecule has 0 fully saturated rings. The van der Waals surface area contributed by atoms with Gasteiger partial charge in [-0.05, 0) is 36.8 Å². The van der Waals surface area contributed by atoms with Gasteiger partial charge < -0.3 is 15.7 Å². The standard InChI is InChI=1S/C19H18BrN3O2/c1-12(18(24)14-7-9-15(20)10-8-14)22-19(25)23-16-6-2-4-13-5-3-11-21-17(13)16/h2-12,18,24H,1H3,(H2,22,23,25)/t12-,18-/m1/s1. The van der Waals surface area contributed by atoms with E-state index in [1.807, 2.05) is 48.5 Å². The Labute approximate surface area is 154 Å². The van der Waals surface area contributed by atoms with Crippen LogP contribution in [0.2, 0.25) is 0 Å². The lowest BCUT2D eigenvalue weighted by Crippen LogP contribution is -2.39. The van der Waals surface area contributed by atoms with Gasteiger partial charge in [-0.25, -0.2) is 4.79 Å². The number of urea groups is 1. The molecule has 5 nitrogen and oxygen atoms in total. The van der Waals surface area contributed by atoms with Crippen molar-refractivity contribution in [3.8, 4) is 0 Å². The number of aromatic nitrogens is 1. The van der Waals surface area contributed by atoms with E-state index in [0.29, 0.717) is 5.69 Å². The fourth-order valence-corrected chi connectivity index (χ4v) is 2.86. The topological polar surface area (TPSA) is 74.2 Å². The number of aliphatic hydroxyl groups excluding tert-OH is 1. The van der Waals surface area contributed by atoms with Crippen LogP contribution in [0.15, 0.2) is 65.3 Å². The summed E-state index contributed by atoms with van der Waals surface area (Å²) in [4.78, 5) is 16.6. The highest BCUT2D eigenvalue weighted by Crippen LogP contribution is 2.22. The van der Waals surface area contributed by atoms with Crippen molar-refractivity contribution in [1.82, 2.24) is 10.3 Å². The molecular weight excluding hydrogens is 382 g/mol. The predicted molar refractivity (Wildman–Crippen MR) is 102 cm³/mol. The number of hydrogen-bond acceptors (Lipinski definition) is 3. The maximum atomic E-state index is 12.3. The van der Waals surface area contributed by atoms with Crippen molar-refractivity contribution in [3.05, 3.63) is 70.8 Å². The van der Waals surface area contributed by atoms with Crippen molar-refractivity contribution in [2.45, 2.75) is 19.1 Å². The number of pyridine rings is 1. The molecule has 25 heavy (non-hydrogen) atoms. The van der Waals surface area contributed by atoms with Gasteiger partial charge in [0, 0.05) is 16.1 Å². The Morgan fingerprint density at radius 1 is 1.12 bits per heavy atom. The van der Waals surface area contributed by atoms with Crippen LogP contribution in [-0.4, -0.2) is 22.2 Å². The molecular formula is C19H18BrN3O2. The smallest absolute Gasteiger partial charge is 0.319 e. The lowest BCUT2D eigenvalue weighted by atomic mass is 10.0. The van der Waals surface area contributed by atoms with E-state index in [1.54, 1.807) is 19.2 Å². The van der Waals surface area contributed by atoms with E-state index < -0.39 is 12.1 Å². The Balaban J connectivity index is 1.68. The highest BCUT2D eigenvalue weighted by atomic mass is 79.9. The molecule has 0 saturated heterocycles. The molecule has 0 aliphatic heterocycles. The average Bonchev–Trinajstić information content (AvgIpc) is 2.62. The second kappa shape index (κ2) is 7.63. The van der Waals surface area contributed by atoms with Gasteiger partial charge in [0.05, 0.1) is 23.3 Å². The molecule has 3 aromatic rings. The number of aliphatic hydroxyl groups is 1. The summed E-state index contributed by atoms with van der Waals surface area (Å²) in [5.74, 6) is 0. The average molecular weight is 400 g/mol. The molecule has 3 rings (SSSR count). The van der Waals surface area contributed by atoms with Crippen LogP contribution in [0.1, 0.15) is 18.6 Å². The minimum absolute atomic E-state index is 0.387. The van der Waals surface area contributed by atoms with Crippen molar-refractivity contribution < 1.29 is 9.90 Å². The molecule has 0 unspecified atom stereocenters. The molecule has 1 aromatic heterocycles. The van der Waals surface area contributed by atoms with Crippen LogP contribution in [0.4, 0.5) is 10.5 Å². The molecule has 2 atom stereocenters. The summed E-state index contributed by atoms with van der Waals surface area (Å²) in [6, 6.07) is 15.9. The summed E-state index contributed by atoms with van der Waals surface area (Å²) in [5.41, 5.74) is 2.09. The maximum absolute atomic E-state index is 12.3. The Bertz CT molecular complexity index is 878. The third kappa shape index (κ3) is 4.15. The zero-order chi connectivity index (χ0) is 17.8. The van der Waals surface area contributed by atoms with Crippen LogP contribution in [-0.2, 0) is 0 Å². The van der Waals surface area contributed by atoms with Crippen molar-refractivity contribution in [3.63, 3.8) is 0 Å². The molecule has 0 saturated carbocycles. The van der Waals surface area contributed by atoms with Gasteiger partial charge >= 0.3 is 6.03 Å². The van der Waals surface area contributed by atoms with E-state index in [9.17, 15) is 9.90 Å². The zero-order valence-electron chi connectivity index (χ0n) is 13.6. The van der Waals surface area contributed by atoms with E-state index in [-0.39, 0.29) is 6.03 Å². The molecule has 2 aromatic carbocycles. The third-order valence-corrected chi connectivity index (χ3v) is 4.45. The highest BCUT2D eigenvalue weighted by Gasteiger charge is 2.18. The van der Waals surface area contributed by atoms with Crippen LogP contribution >= 0.6 is 15.9 Å². The summed E-state index contributed by atoms with van der Waals surface area (Å²) in [6.07, 6.45) is 0.884. The van der Waals surface area contributed by atoms with Gasteiger partial charge in [-0.15, -0.1) is 0 Å². The third-order valence-electron chi connectivity index (χ3n) is 3.92. The number of carbonyl (C=O) groups excluding carboxylic acids is 1. The lowest BCUT2D eigenvalue weighted by Gasteiger charge is -2.21. The van der Waals surface area contributed by atoms with Gasteiger partial charge in [0.1, 0.15) is 0 Å². The van der Waals surface area contributed by atoms with E-state index in [0.717, 1.165) is 20.9 Å². The van der Waals surface area contributed by atoms with E-state index >= 15 is 0 Å². The fourth-order valence-electron chi connectivity index (χ4n) is 2.60. The Morgan fingerprint density at radius 2 is 1.84 bits per heavy atom. The first-order chi connectivity index (χ1) is 12.0. The van der Waals surface area contributed by atoms with Gasteiger partial charge in [0.25, 0.3) is 0 Å². The zero-order valence-corrected chi connectivity index (χ0v) is 15.2. The van der Waals surface area contributed by atoms with Crippen LogP contribution in [0.3, 0.4) is 0 Å². The normalized spacial score (nSPS) is 13.2. The molecule has 6 heteroatoms. The van der Waals surface area contributed by atoms with Crippen molar-refractivity contribution in [1.29, 1.82) is 0 Å². The van der Waals surface area contributed by atoms with Crippen molar-refractivity contribution in [2.75, 3.05) is 5.32 Å². The van der Waals surface area contributed by atoms with Crippen LogP contribution in [0.5, 0.6) is 0 Å². The maximum Gasteiger partial charge on any atom is 0.319 e. The summed E-state index contributed by atoms with van der Waals surface area (Å²) in [7, 11) is 0. The first-order valence-electron chi connectivity index (χ1n) is 7.89. The molecule has 128 valence electrons. The Kier molecular flexibility index (Phi) is 5.31. The Morgan fingerprint density at radius 3 is 2.60 bits per heavy atom. The van der Waals surface area contributed by atoms with Crippen LogP contribution in [0.25, 0.3) is 10.9 Å². The van der Waals surface area contributed by atoms with Gasteiger partial charge in [-0.2, -0.15) is 0 Å². The minimum Gasteiger partial charge on any atom is -0.386 e. The van der Waals surface area contributed by atoms with E-state index in [4.69, 9.17) is 0 Å². The van der Waals surface area contributed by atoms with Gasteiger partial charge in [0.2, 0.25) is 0 Å². The molecule has 0 spiro atoms. The summed E-state index contributed by atoms with van der Waals surface area (Å²) < 4.78 is 0.935. The number of nitrogens with zero attached hydrogens (tertiary/aromatic N) is 1. The fraction of sp³-hybridized carbons (Fsp3) is 0.158. The summed E-state index contributed by atoms with van der Waals surface area (Å²) in [6.45, 7) is 1.76. The first kappa shape index (κ1) is 17.4. The number of anilines is 1. The SMILES string of the molecule is C[C@@H](NC(=O)Nc1cccc2cccnc12)[C@@H](O)c1ccc(Br)cc1. The van der Waals surface area contributed by atoms with Gasteiger partial charge in [-0.3, -0.25) is 4.98 Å². The summed E-state index contributed by atoms with van der Waals surface area (Å²) >= 11 is 3.36. The van der Waals surface area contributed by atoms with E-state index in [1.165, 1.54) is 0 Å². The number of carbonyl (C=O) groups is 1. The number of benzene rings is 2. The second-order valence-electron chi connectivity index (χ2n) is 5.76. The number of fused-ring (bicyclic) bond motifs is 1. The predicted octanol–water partition coefficient (Wildman–Crippen LogP) is 4.24. The monoisotopic (exact) mass is 399 g/mol. The number of halogens is 1. The van der Waals surface area contributed by atoms with E-state index in [2.05, 4.69) is 31.5 Å². The first-order valence-corrected chi connectivity index (χ1v) is 8.68. The molecule has 0 radical (unpaired) electrons. The number of hydrogen-bond donors (Lipinski definition) is 3. The van der Waals surface area contributed by atoms with Crippen molar-refractivity contribution >= 4 is 38.6 Å². The van der Waals surface area contributed by atoms with Gasteiger partial charge in [-0.1, -0.05) is 46.3 Å². The molecule has 0 aliphatic carbocycles. The number of nitrogens with one attached hydrogen (secondary N) is 2. The van der Waals surface area contributed by atoms with Crippen LogP contribution in [0, 0.1) is 0 Å². The Hall–Kier alpha value is -2.44. The molecule has 3 N–H and O–H groups in total. The quantitative estimate of drug-likeness (QED) is 0.613. The van der Waals surface area contributed by atoms with Gasteiger partial charge in [0.15, 0.2) is 0 Å². The number of rotatable bonds is 4. The summed E-state index contributed by atoms with van der Waals surface area (Å²) in [5, 5.41) is 16.9. The van der Waals surface area contributed by atoms with Crippen LogP contribution < -0.4 is 10.6 Å². The number of para-hydroxylation sites is 1.